The molecule has 98 valence electrons. The smallest absolute Gasteiger partial charge is 0.171 e. The third kappa shape index (κ3) is 2.15. The van der Waals surface area contributed by atoms with E-state index in [4.69, 9.17) is 4.74 Å². The lowest BCUT2D eigenvalue weighted by atomic mass is 9.90. The van der Waals surface area contributed by atoms with Gasteiger partial charge in [-0.1, -0.05) is 6.07 Å². The van der Waals surface area contributed by atoms with Crippen molar-refractivity contribution < 1.29 is 9.53 Å². The van der Waals surface area contributed by atoms with Gasteiger partial charge < -0.3 is 10.1 Å². The van der Waals surface area contributed by atoms with Crippen LogP contribution in [0.3, 0.4) is 0 Å². The van der Waals surface area contributed by atoms with E-state index in [2.05, 4.69) is 18.3 Å². The van der Waals surface area contributed by atoms with Gasteiger partial charge in [0.1, 0.15) is 5.75 Å². The van der Waals surface area contributed by atoms with Gasteiger partial charge in [0, 0.05) is 12.5 Å². The molecule has 0 bridgehead atoms. The van der Waals surface area contributed by atoms with Gasteiger partial charge in [0.2, 0.25) is 0 Å². The van der Waals surface area contributed by atoms with Crippen LogP contribution in [0.1, 0.15) is 33.5 Å². The number of ketones is 1. The largest absolute Gasteiger partial charge is 0.496 e. The van der Waals surface area contributed by atoms with E-state index in [-0.39, 0.29) is 11.7 Å². The van der Waals surface area contributed by atoms with E-state index >= 15 is 0 Å². The molecule has 1 N–H and O–H groups in total. The second-order valence-electron chi connectivity index (χ2n) is 5.10. The Morgan fingerprint density at radius 1 is 1.33 bits per heavy atom. The van der Waals surface area contributed by atoms with Gasteiger partial charge in [-0.2, -0.15) is 0 Å². The van der Waals surface area contributed by atoms with Crippen LogP contribution in [-0.2, 0) is 0 Å². The number of aryl methyl sites for hydroxylation is 2. The molecule has 1 atom stereocenters. The molecule has 18 heavy (non-hydrogen) atoms. The van der Waals surface area contributed by atoms with Crippen LogP contribution in [-0.4, -0.2) is 26.0 Å². The molecule has 2 rings (SSSR count). The first-order chi connectivity index (χ1) is 8.56. The van der Waals surface area contributed by atoms with Crippen molar-refractivity contribution in [3.05, 3.63) is 28.3 Å². The molecule has 1 saturated heterocycles. The van der Waals surface area contributed by atoms with Crippen molar-refractivity contribution >= 4 is 5.78 Å². The molecule has 1 fully saturated rings. The summed E-state index contributed by atoms with van der Waals surface area (Å²) in [5, 5.41) is 3.24. The Morgan fingerprint density at radius 2 is 2.06 bits per heavy atom. The van der Waals surface area contributed by atoms with Crippen LogP contribution in [0.15, 0.2) is 6.07 Å². The number of Topliss-reactive ketones (excluding diaryl/α,β-unsaturated/α-hetero) is 1. The normalized spacial score (nSPS) is 19.0. The fourth-order valence-electron chi connectivity index (χ4n) is 2.69. The first-order valence-corrected chi connectivity index (χ1v) is 6.46. The molecule has 0 aliphatic carbocycles. The molecule has 1 aromatic carbocycles. The molecule has 1 aromatic rings. The average Bonchev–Trinajstić information content (AvgIpc) is 2.86. The highest BCUT2D eigenvalue weighted by Gasteiger charge is 2.28. The zero-order valence-corrected chi connectivity index (χ0v) is 11.6. The van der Waals surface area contributed by atoms with Gasteiger partial charge in [0.05, 0.1) is 12.7 Å². The molecule has 0 aromatic heterocycles. The topological polar surface area (TPSA) is 38.3 Å². The Bertz CT molecular complexity index is 474. The maximum absolute atomic E-state index is 12.6. The zero-order chi connectivity index (χ0) is 13.3. The number of hydrogen-bond donors (Lipinski definition) is 1. The van der Waals surface area contributed by atoms with Gasteiger partial charge in [-0.05, 0) is 50.4 Å². The molecular formula is C15H21NO2. The van der Waals surface area contributed by atoms with Gasteiger partial charge in [0.15, 0.2) is 5.78 Å². The lowest BCUT2D eigenvalue weighted by Crippen LogP contribution is -2.20. The Morgan fingerprint density at radius 3 is 2.61 bits per heavy atom. The number of nitrogens with one attached hydrogen (secondary N) is 1. The summed E-state index contributed by atoms with van der Waals surface area (Å²) in [7, 11) is 1.64. The summed E-state index contributed by atoms with van der Waals surface area (Å²) >= 11 is 0. The average molecular weight is 247 g/mol. The van der Waals surface area contributed by atoms with E-state index in [1.807, 2.05) is 13.8 Å². The monoisotopic (exact) mass is 247 g/mol. The molecule has 1 aliphatic rings. The summed E-state index contributed by atoms with van der Waals surface area (Å²) in [6.45, 7) is 7.77. The van der Waals surface area contributed by atoms with Crippen LogP contribution in [0.4, 0.5) is 0 Å². The van der Waals surface area contributed by atoms with E-state index in [0.717, 1.165) is 42.0 Å². The number of methoxy groups -OCH3 is 1. The van der Waals surface area contributed by atoms with Crippen molar-refractivity contribution in [3.8, 4) is 5.75 Å². The molecule has 0 saturated carbocycles. The molecular weight excluding hydrogens is 226 g/mol. The number of hydrogen-bond acceptors (Lipinski definition) is 3. The summed E-state index contributed by atoms with van der Waals surface area (Å²) in [5.74, 6) is 1.07. The molecule has 0 amide bonds. The van der Waals surface area contributed by atoms with Crippen molar-refractivity contribution in [2.45, 2.75) is 27.2 Å². The molecule has 1 unspecified atom stereocenters. The molecule has 1 aliphatic heterocycles. The van der Waals surface area contributed by atoms with E-state index in [9.17, 15) is 4.79 Å². The SMILES string of the molecule is COc1c(C)c(C)cc(C)c1C(=O)C1CCNC1. The summed E-state index contributed by atoms with van der Waals surface area (Å²) in [6.07, 6.45) is 0.925. The second kappa shape index (κ2) is 5.11. The lowest BCUT2D eigenvalue weighted by molar-refractivity contribution is 0.0926. The van der Waals surface area contributed by atoms with Crippen LogP contribution in [0.5, 0.6) is 5.75 Å². The first-order valence-electron chi connectivity index (χ1n) is 6.46. The van der Waals surface area contributed by atoms with Crippen molar-refractivity contribution in [2.24, 2.45) is 5.92 Å². The maximum Gasteiger partial charge on any atom is 0.171 e. The van der Waals surface area contributed by atoms with E-state index in [0.29, 0.717) is 0 Å². The third-order valence-electron chi connectivity index (χ3n) is 3.87. The highest BCUT2D eigenvalue weighted by Crippen LogP contribution is 2.32. The standard InChI is InChI=1S/C15H21NO2/c1-9-7-10(2)13(15(18-4)11(9)3)14(17)12-5-6-16-8-12/h7,12,16H,5-6,8H2,1-4H3. The Balaban J connectivity index is 2.48. The summed E-state index contributed by atoms with van der Waals surface area (Å²) in [6, 6.07) is 2.08. The quantitative estimate of drug-likeness (QED) is 0.834. The Hall–Kier alpha value is -1.35. The number of rotatable bonds is 3. The van der Waals surface area contributed by atoms with Crippen molar-refractivity contribution in [2.75, 3.05) is 20.2 Å². The van der Waals surface area contributed by atoms with Gasteiger partial charge >= 0.3 is 0 Å². The zero-order valence-electron chi connectivity index (χ0n) is 11.6. The van der Waals surface area contributed by atoms with Crippen LogP contribution in [0.2, 0.25) is 0 Å². The first kappa shape index (κ1) is 13.1. The van der Waals surface area contributed by atoms with Crippen molar-refractivity contribution in [1.29, 1.82) is 0 Å². The molecule has 3 nitrogen and oxygen atoms in total. The van der Waals surface area contributed by atoms with Crippen LogP contribution in [0, 0.1) is 26.7 Å². The lowest BCUT2D eigenvalue weighted by Gasteiger charge is -2.17. The Kier molecular flexibility index (Phi) is 3.71. The number of ether oxygens (including phenoxy) is 1. The summed E-state index contributed by atoms with van der Waals surface area (Å²) < 4.78 is 5.48. The van der Waals surface area contributed by atoms with Gasteiger partial charge in [-0.25, -0.2) is 0 Å². The predicted molar refractivity (Wildman–Crippen MR) is 72.5 cm³/mol. The number of carbonyl (C=O) groups excluding carboxylic acids is 1. The molecule has 1 heterocycles. The van der Waals surface area contributed by atoms with E-state index in [1.165, 1.54) is 5.56 Å². The number of benzene rings is 1. The van der Waals surface area contributed by atoms with Gasteiger partial charge in [-0.15, -0.1) is 0 Å². The Labute approximate surface area is 109 Å². The highest BCUT2D eigenvalue weighted by atomic mass is 16.5. The van der Waals surface area contributed by atoms with Crippen molar-refractivity contribution in [1.82, 2.24) is 5.32 Å². The minimum absolute atomic E-state index is 0.0970. The molecule has 3 heteroatoms. The minimum atomic E-state index is 0.0970. The van der Waals surface area contributed by atoms with E-state index in [1.54, 1.807) is 7.11 Å². The maximum atomic E-state index is 12.6. The predicted octanol–water partition coefficient (Wildman–Crippen LogP) is 2.41. The fourth-order valence-corrected chi connectivity index (χ4v) is 2.69. The highest BCUT2D eigenvalue weighted by molar-refractivity contribution is 6.02. The van der Waals surface area contributed by atoms with E-state index < -0.39 is 0 Å². The van der Waals surface area contributed by atoms with Crippen molar-refractivity contribution in [3.63, 3.8) is 0 Å². The minimum Gasteiger partial charge on any atom is -0.496 e. The number of carbonyl (C=O) groups is 1. The molecule has 0 spiro atoms. The van der Waals surface area contributed by atoms with Crippen LogP contribution < -0.4 is 10.1 Å². The second-order valence-corrected chi connectivity index (χ2v) is 5.10. The fraction of sp³-hybridized carbons (Fsp3) is 0.533. The van der Waals surface area contributed by atoms with Crippen LogP contribution in [0.25, 0.3) is 0 Å². The summed E-state index contributed by atoms with van der Waals surface area (Å²) in [5.41, 5.74) is 4.03. The molecule has 0 radical (unpaired) electrons. The van der Waals surface area contributed by atoms with Crippen LogP contribution >= 0.6 is 0 Å². The third-order valence-corrected chi connectivity index (χ3v) is 3.87. The summed E-state index contributed by atoms with van der Waals surface area (Å²) in [4.78, 5) is 12.6. The van der Waals surface area contributed by atoms with Gasteiger partial charge in [-0.3, -0.25) is 4.79 Å². The van der Waals surface area contributed by atoms with Gasteiger partial charge in [0.25, 0.3) is 0 Å².